The fourth-order valence-electron chi connectivity index (χ4n) is 7.31. The Morgan fingerprint density at radius 1 is 0.328 bits per heavy atom. The molecule has 0 N–H and O–H groups in total. The van der Waals surface area contributed by atoms with Crippen LogP contribution >= 0.6 is 0 Å². The van der Waals surface area contributed by atoms with Gasteiger partial charge in [-0.15, -0.1) is 0 Å². The number of unbranched alkanes of at least 4 members (excludes halogenated alkanes) is 31. The predicted octanol–water partition coefficient (Wildman–Crippen LogP) is 16.4. The molecule has 0 rings (SSSR count). The maximum Gasteiger partial charge on any atom is 0.306 e. The Hall–Kier alpha value is -2.11. The van der Waals surface area contributed by atoms with Gasteiger partial charge in [0.05, 0.1) is 0 Å². The van der Waals surface area contributed by atoms with Crippen molar-refractivity contribution in [2.45, 2.75) is 277 Å². The van der Waals surface area contributed by atoms with E-state index in [-0.39, 0.29) is 31.1 Å². The van der Waals surface area contributed by atoms with E-state index in [1.54, 1.807) is 0 Å². The molecule has 0 radical (unpaired) electrons. The molecular weight excluding hydrogens is 721 g/mol. The van der Waals surface area contributed by atoms with E-state index in [9.17, 15) is 14.4 Å². The Bertz CT molecular complexity index is 942. The summed E-state index contributed by atoms with van der Waals surface area (Å²) >= 11 is 0. The summed E-state index contributed by atoms with van der Waals surface area (Å²) in [6.45, 7) is 6.61. The van der Waals surface area contributed by atoms with Crippen LogP contribution in [0.4, 0.5) is 0 Å². The molecule has 0 aromatic rings. The summed E-state index contributed by atoms with van der Waals surface area (Å²) in [4.78, 5) is 37.9. The van der Waals surface area contributed by atoms with Crippen molar-refractivity contribution >= 4 is 17.9 Å². The van der Waals surface area contributed by atoms with Crippen molar-refractivity contribution in [1.82, 2.24) is 0 Å². The van der Waals surface area contributed by atoms with Crippen LogP contribution < -0.4 is 0 Å². The molecule has 0 spiro atoms. The number of allylic oxidation sites excluding steroid dienone is 4. The van der Waals surface area contributed by atoms with Gasteiger partial charge in [-0.1, -0.05) is 206 Å². The molecule has 0 amide bonds. The van der Waals surface area contributed by atoms with Crippen LogP contribution in [0.3, 0.4) is 0 Å². The van der Waals surface area contributed by atoms with Gasteiger partial charge >= 0.3 is 17.9 Å². The third-order valence-corrected chi connectivity index (χ3v) is 11.2. The van der Waals surface area contributed by atoms with Gasteiger partial charge < -0.3 is 14.2 Å². The second-order valence-electron chi connectivity index (χ2n) is 17.1. The van der Waals surface area contributed by atoms with Gasteiger partial charge in [-0.25, -0.2) is 0 Å². The smallest absolute Gasteiger partial charge is 0.306 e. The Balaban J connectivity index is 4.36. The number of hydrogen-bond acceptors (Lipinski definition) is 6. The summed E-state index contributed by atoms with van der Waals surface area (Å²) in [6, 6.07) is 0. The molecule has 0 saturated carbocycles. The number of hydrogen-bond donors (Lipinski definition) is 0. The van der Waals surface area contributed by atoms with Gasteiger partial charge in [-0.3, -0.25) is 14.4 Å². The van der Waals surface area contributed by atoms with E-state index in [1.807, 2.05) is 0 Å². The molecule has 0 aliphatic carbocycles. The normalized spacial score (nSPS) is 12.1. The maximum absolute atomic E-state index is 12.8. The van der Waals surface area contributed by atoms with Crippen LogP contribution in [0, 0.1) is 0 Å². The summed E-state index contributed by atoms with van der Waals surface area (Å²) in [5, 5.41) is 0. The van der Waals surface area contributed by atoms with Gasteiger partial charge in [0.2, 0.25) is 0 Å². The van der Waals surface area contributed by atoms with E-state index >= 15 is 0 Å². The first kappa shape index (κ1) is 55.9. The summed E-state index contributed by atoms with van der Waals surface area (Å²) in [7, 11) is 0. The number of rotatable bonds is 46. The van der Waals surface area contributed by atoms with Crippen molar-refractivity contribution in [3.63, 3.8) is 0 Å². The lowest BCUT2D eigenvalue weighted by molar-refractivity contribution is -0.167. The van der Waals surface area contributed by atoms with E-state index in [0.29, 0.717) is 19.3 Å². The van der Waals surface area contributed by atoms with Gasteiger partial charge in [0, 0.05) is 19.3 Å². The molecule has 0 saturated heterocycles. The standard InChI is InChI=1S/C52H96O6/c1-4-7-10-13-16-19-22-25-27-30-33-36-39-42-45-51(54)57-48-49(47-56-50(53)44-41-38-35-32-29-24-21-18-15-12-9-6-3)58-52(55)46-43-40-37-34-31-28-26-23-20-17-14-11-8-5-2/h18,21-22,25,49H,4-17,19-20,23-24,26-48H2,1-3H3/b21-18-,25-22-. The highest BCUT2D eigenvalue weighted by molar-refractivity contribution is 5.71. The minimum absolute atomic E-state index is 0.0748. The first-order chi connectivity index (χ1) is 28.5. The summed E-state index contributed by atoms with van der Waals surface area (Å²) in [5.74, 6) is -0.880. The van der Waals surface area contributed by atoms with Crippen molar-refractivity contribution < 1.29 is 28.6 Å². The fraction of sp³-hybridized carbons (Fsp3) is 0.865. The van der Waals surface area contributed by atoms with E-state index in [0.717, 1.165) is 70.6 Å². The Morgan fingerprint density at radius 2 is 0.569 bits per heavy atom. The van der Waals surface area contributed by atoms with Crippen LogP contribution in [0.25, 0.3) is 0 Å². The maximum atomic E-state index is 12.8. The fourth-order valence-corrected chi connectivity index (χ4v) is 7.31. The highest BCUT2D eigenvalue weighted by Crippen LogP contribution is 2.15. The summed E-state index contributed by atoms with van der Waals surface area (Å²) in [6.07, 6.45) is 53.0. The summed E-state index contributed by atoms with van der Waals surface area (Å²) in [5.41, 5.74) is 0. The van der Waals surface area contributed by atoms with Gasteiger partial charge in [-0.2, -0.15) is 0 Å². The molecule has 1 unspecified atom stereocenters. The Labute approximate surface area is 360 Å². The predicted molar refractivity (Wildman–Crippen MR) is 247 cm³/mol. The van der Waals surface area contributed by atoms with Crippen molar-refractivity contribution in [2.24, 2.45) is 0 Å². The van der Waals surface area contributed by atoms with Crippen molar-refractivity contribution in [3.05, 3.63) is 24.3 Å². The molecule has 0 bridgehead atoms. The van der Waals surface area contributed by atoms with Crippen molar-refractivity contribution in [2.75, 3.05) is 13.2 Å². The van der Waals surface area contributed by atoms with Crippen molar-refractivity contribution in [1.29, 1.82) is 0 Å². The zero-order valence-corrected chi connectivity index (χ0v) is 38.8. The first-order valence-corrected chi connectivity index (χ1v) is 25.3. The van der Waals surface area contributed by atoms with Gasteiger partial charge in [-0.05, 0) is 70.6 Å². The minimum Gasteiger partial charge on any atom is -0.462 e. The molecule has 6 nitrogen and oxygen atoms in total. The molecular formula is C52H96O6. The lowest BCUT2D eigenvalue weighted by atomic mass is 10.0. The molecule has 340 valence electrons. The second kappa shape index (κ2) is 47.6. The molecule has 0 aromatic carbocycles. The van der Waals surface area contributed by atoms with Gasteiger partial charge in [0.1, 0.15) is 13.2 Å². The van der Waals surface area contributed by atoms with Gasteiger partial charge in [0.25, 0.3) is 0 Å². The van der Waals surface area contributed by atoms with Crippen LogP contribution in [-0.2, 0) is 28.6 Å². The average molecular weight is 817 g/mol. The highest BCUT2D eigenvalue weighted by Gasteiger charge is 2.19. The summed E-state index contributed by atoms with van der Waals surface area (Å²) < 4.78 is 16.8. The quantitative estimate of drug-likeness (QED) is 0.0263. The van der Waals surface area contributed by atoms with E-state index in [4.69, 9.17) is 14.2 Å². The molecule has 1 atom stereocenters. The molecule has 6 heteroatoms. The zero-order valence-electron chi connectivity index (χ0n) is 38.8. The molecule has 0 heterocycles. The molecule has 0 aliphatic heterocycles. The minimum atomic E-state index is -0.772. The van der Waals surface area contributed by atoms with Crippen LogP contribution in [0.1, 0.15) is 271 Å². The average Bonchev–Trinajstić information content (AvgIpc) is 3.22. The number of ether oxygens (including phenoxy) is 3. The lowest BCUT2D eigenvalue weighted by Gasteiger charge is -2.18. The molecule has 58 heavy (non-hydrogen) atoms. The topological polar surface area (TPSA) is 78.9 Å². The van der Waals surface area contributed by atoms with Gasteiger partial charge in [0.15, 0.2) is 6.10 Å². The first-order valence-electron chi connectivity index (χ1n) is 25.3. The van der Waals surface area contributed by atoms with Crippen LogP contribution in [0.2, 0.25) is 0 Å². The lowest BCUT2D eigenvalue weighted by Crippen LogP contribution is -2.30. The number of carbonyl (C=O) groups excluding carboxylic acids is 3. The van der Waals surface area contributed by atoms with Crippen LogP contribution in [0.15, 0.2) is 24.3 Å². The largest absolute Gasteiger partial charge is 0.462 e. The second-order valence-corrected chi connectivity index (χ2v) is 17.1. The zero-order chi connectivity index (χ0) is 42.3. The van der Waals surface area contributed by atoms with Crippen LogP contribution in [0.5, 0.6) is 0 Å². The van der Waals surface area contributed by atoms with E-state index in [2.05, 4.69) is 45.1 Å². The third-order valence-electron chi connectivity index (χ3n) is 11.2. The monoisotopic (exact) mass is 817 g/mol. The van der Waals surface area contributed by atoms with E-state index in [1.165, 1.54) is 161 Å². The van der Waals surface area contributed by atoms with Crippen molar-refractivity contribution in [3.8, 4) is 0 Å². The van der Waals surface area contributed by atoms with E-state index < -0.39 is 6.10 Å². The highest BCUT2D eigenvalue weighted by atomic mass is 16.6. The molecule has 0 aromatic heterocycles. The van der Waals surface area contributed by atoms with Crippen LogP contribution in [-0.4, -0.2) is 37.2 Å². The Kier molecular flexibility index (Phi) is 45.8. The number of esters is 3. The third kappa shape index (κ3) is 45.0. The molecule has 0 fully saturated rings. The number of carbonyl (C=O) groups is 3. The molecule has 0 aliphatic rings. The Morgan fingerprint density at radius 3 is 0.897 bits per heavy atom. The SMILES string of the molecule is CCCCC/C=C\CCCCCCCC(=O)OCC(COC(=O)CCCCCCC/C=C\CCCCCCC)OC(=O)CCCCCCCCCCCCCCCC.